The van der Waals surface area contributed by atoms with Gasteiger partial charge in [-0.05, 0) is 37.3 Å². The maximum Gasteiger partial charge on any atom is 0.252 e. The van der Waals surface area contributed by atoms with E-state index in [4.69, 9.17) is 19.0 Å². The smallest absolute Gasteiger partial charge is 0.252 e. The van der Waals surface area contributed by atoms with Gasteiger partial charge in [0.2, 0.25) is 5.89 Å². The number of amides is 1. The molecule has 1 N–H and O–H groups in total. The number of hydrogen-bond acceptors (Lipinski definition) is 7. The van der Waals surface area contributed by atoms with Crippen LogP contribution in [0.3, 0.4) is 0 Å². The molecular formula is C23H22N4O4. The average molecular weight is 418 g/mol. The van der Waals surface area contributed by atoms with Crippen LogP contribution < -0.4 is 14.8 Å². The molecule has 8 nitrogen and oxygen atoms in total. The Morgan fingerprint density at radius 3 is 2.58 bits per heavy atom. The van der Waals surface area contributed by atoms with E-state index in [0.717, 1.165) is 16.5 Å². The molecular weight excluding hydrogens is 396 g/mol. The van der Waals surface area contributed by atoms with E-state index in [9.17, 15) is 4.79 Å². The SMILES string of the molecule is COc1ccc(-c2cc(C(=O)NCCc3nc(C)no3)c3ccccc3n2)cc1OC. The van der Waals surface area contributed by atoms with Gasteiger partial charge in [-0.1, -0.05) is 23.4 Å². The summed E-state index contributed by atoms with van der Waals surface area (Å²) < 4.78 is 15.8. The molecule has 1 amide bonds. The lowest BCUT2D eigenvalue weighted by Gasteiger charge is -2.12. The monoisotopic (exact) mass is 418 g/mol. The first kappa shape index (κ1) is 20.3. The van der Waals surface area contributed by atoms with Crippen molar-refractivity contribution in [2.75, 3.05) is 20.8 Å². The summed E-state index contributed by atoms with van der Waals surface area (Å²) in [4.78, 5) is 21.9. The first-order valence-electron chi connectivity index (χ1n) is 9.78. The lowest BCUT2D eigenvalue weighted by Crippen LogP contribution is -2.26. The molecule has 2 heterocycles. The number of aryl methyl sites for hydroxylation is 1. The van der Waals surface area contributed by atoms with Crippen molar-refractivity contribution >= 4 is 16.8 Å². The number of para-hydroxylation sites is 1. The fraction of sp³-hybridized carbons (Fsp3) is 0.217. The summed E-state index contributed by atoms with van der Waals surface area (Å²) in [6.07, 6.45) is 0.456. The molecule has 0 aliphatic rings. The van der Waals surface area contributed by atoms with Crippen LogP contribution in [0.2, 0.25) is 0 Å². The largest absolute Gasteiger partial charge is 0.493 e. The molecule has 0 aliphatic carbocycles. The molecule has 4 aromatic rings. The van der Waals surface area contributed by atoms with Crippen LogP contribution in [0.15, 0.2) is 53.1 Å². The highest BCUT2D eigenvalue weighted by atomic mass is 16.5. The van der Waals surface area contributed by atoms with Crippen LogP contribution in [0.25, 0.3) is 22.2 Å². The molecule has 0 atom stereocenters. The number of nitrogens with one attached hydrogen (secondary N) is 1. The van der Waals surface area contributed by atoms with Gasteiger partial charge in [0.25, 0.3) is 5.91 Å². The van der Waals surface area contributed by atoms with Crippen molar-refractivity contribution < 1.29 is 18.8 Å². The molecule has 158 valence electrons. The summed E-state index contributed by atoms with van der Waals surface area (Å²) in [6, 6.07) is 14.9. The zero-order valence-corrected chi connectivity index (χ0v) is 17.5. The molecule has 2 aromatic carbocycles. The minimum Gasteiger partial charge on any atom is -0.493 e. The Labute approximate surface area is 179 Å². The van der Waals surface area contributed by atoms with E-state index in [-0.39, 0.29) is 5.91 Å². The number of hydrogen-bond donors (Lipinski definition) is 1. The van der Waals surface area contributed by atoms with E-state index < -0.39 is 0 Å². The fourth-order valence-electron chi connectivity index (χ4n) is 3.33. The van der Waals surface area contributed by atoms with E-state index in [2.05, 4.69) is 15.5 Å². The van der Waals surface area contributed by atoms with Crippen LogP contribution in [0, 0.1) is 6.92 Å². The molecule has 8 heteroatoms. The topological polar surface area (TPSA) is 99.4 Å². The number of rotatable bonds is 7. The Morgan fingerprint density at radius 1 is 1.03 bits per heavy atom. The Kier molecular flexibility index (Phi) is 5.79. The van der Waals surface area contributed by atoms with E-state index in [1.54, 1.807) is 27.2 Å². The predicted octanol–water partition coefficient (Wildman–Crippen LogP) is 3.58. The third kappa shape index (κ3) is 4.32. The molecule has 0 saturated carbocycles. The molecule has 0 spiro atoms. The van der Waals surface area contributed by atoms with Gasteiger partial charge in [0.15, 0.2) is 17.3 Å². The Balaban J connectivity index is 1.65. The first-order valence-corrected chi connectivity index (χ1v) is 9.78. The molecule has 0 unspecified atom stereocenters. The number of fused-ring (bicyclic) bond motifs is 1. The number of carbonyl (C=O) groups excluding carboxylic acids is 1. The second-order valence-corrected chi connectivity index (χ2v) is 6.88. The van der Waals surface area contributed by atoms with Gasteiger partial charge < -0.3 is 19.3 Å². The molecule has 4 rings (SSSR count). The third-order valence-electron chi connectivity index (χ3n) is 4.83. The van der Waals surface area contributed by atoms with Crippen molar-refractivity contribution in [3.05, 3.63) is 65.8 Å². The summed E-state index contributed by atoms with van der Waals surface area (Å²) >= 11 is 0. The van der Waals surface area contributed by atoms with Crippen molar-refractivity contribution in [1.29, 1.82) is 0 Å². The van der Waals surface area contributed by atoms with Gasteiger partial charge in [-0.2, -0.15) is 4.98 Å². The number of methoxy groups -OCH3 is 2. The van der Waals surface area contributed by atoms with E-state index in [1.807, 2.05) is 42.5 Å². The molecule has 0 fully saturated rings. The molecule has 0 bridgehead atoms. The lowest BCUT2D eigenvalue weighted by atomic mass is 10.0. The predicted molar refractivity (Wildman–Crippen MR) is 115 cm³/mol. The number of pyridine rings is 1. The van der Waals surface area contributed by atoms with E-state index >= 15 is 0 Å². The minimum atomic E-state index is -0.198. The number of nitrogens with zero attached hydrogens (tertiary/aromatic N) is 3. The van der Waals surface area contributed by atoms with Crippen LogP contribution in [0.5, 0.6) is 11.5 Å². The number of benzene rings is 2. The Hall–Kier alpha value is -3.94. The van der Waals surface area contributed by atoms with Gasteiger partial charge in [0.05, 0.1) is 31.0 Å². The third-order valence-corrected chi connectivity index (χ3v) is 4.83. The number of aromatic nitrogens is 3. The first-order chi connectivity index (χ1) is 15.1. The summed E-state index contributed by atoms with van der Waals surface area (Å²) in [5.41, 5.74) is 2.75. The van der Waals surface area contributed by atoms with Crippen LogP contribution >= 0.6 is 0 Å². The van der Waals surface area contributed by atoms with Crippen molar-refractivity contribution in [3.63, 3.8) is 0 Å². The number of carbonyl (C=O) groups is 1. The summed E-state index contributed by atoms with van der Waals surface area (Å²) in [7, 11) is 3.17. The molecule has 0 aliphatic heterocycles. The van der Waals surface area contributed by atoms with Crippen molar-refractivity contribution in [1.82, 2.24) is 20.4 Å². The highest BCUT2D eigenvalue weighted by Gasteiger charge is 2.15. The lowest BCUT2D eigenvalue weighted by molar-refractivity contribution is 0.0955. The van der Waals surface area contributed by atoms with Gasteiger partial charge in [-0.15, -0.1) is 0 Å². The normalized spacial score (nSPS) is 10.8. The van der Waals surface area contributed by atoms with Crippen LogP contribution in [0.1, 0.15) is 22.1 Å². The van der Waals surface area contributed by atoms with Gasteiger partial charge in [-0.25, -0.2) is 4.98 Å². The van der Waals surface area contributed by atoms with Crippen LogP contribution in [-0.2, 0) is 6.42 Å². The molecule has 31 heavy (non-hydrogen) atoms. The van der Waals surface area contributed by atoms with Gasteiger partial charge in [0.1, 0.15) is 0 Å². The maximum absolute atomic E-state index is 13.0. The minimum absolute atomic E-state index is 0.198. The standard InChI is InChI=1S/C23H22N4O4/c1-14-25-22(31-27-14)10-11-24-23(28)17-13-19(26-18-7-5-4-6-16(17)18)15-8-9-20(29-2)21(12-15)30-3/h4-9,12-13H,10-11H2,1-3H3,(H,24,28). The number of ether oxygens (including phenoxy) is 2. The zero-order valence-electron chi connectivity index (χ0n) is 17.5. The van der Waals surface area contributed by atoms with Crippen molar-refractivity contribution in [2.45, 2.75) is 13.3 Å². The van der Waals surface area contributed by atoms with Gasteiger partial charge in [-0.3, -0.25) is 4.79 Å². The van der Waals surface area contributed by atoms with Crippen LogP contribution in [0.4, 0.5) is 0 Å². The molecule has 0 radical (unpaired) electrons. The quantitative estimate of drug-likeness (QED) is 0.490. The highest BCUT2D eigenvalue weighted by molar-refractivity contribution is 6.07. The summed E-state index contributed by atoms with van der Waals surface area (Å²) in [5, 5.41) is 7.46. The summed E-state index contributed by atoms with van der Waals surface area (Å²) in [6.45, 7) is 2.13. The fourth-order valence-corrected chi connectivity index (χ4v) is 3.33. The molecule has 2 aromatic heterocycles. The average Bonchev–Trinajstić information content (AvgIpc) is 3.22. The maximum atomic E-state index is 13.0. The van der Waals surface area contributed by atoms with Gasteiger partial charge in [0, 0.05) is 23.9 Å². The van der Waals surface area contributed by atoms with E-state index in [0.29, 0.717) is 47.4 Å². The van der Waals surface area contributed by atoms with Crippen LogP contribution in [-0.4, -0.2) is 41.8 Å². The van der Waals surface area contributed by atoms with Crippen molar-refractivity contribution in [2.24, 2.45) is 0 Å². The zero-order chi connectivity index (χ0) is 21.8. The highest BCUT2D eigenvalue weighted by Crippen LogP contribution is 2.33. The van der Waals surface area contributed by atoms with Gasteiger partial charge >= 0.3 is 0 Å². The second-order valence-electron chi connectivity index (χ2n) is 6.88. The second kappa shape index (κ2) is 8.83. The summed E-state index contributed by atoms with van der Waals surface area (Å²) in [5.74, 6) is 2.08. The Morgan fingerprint density at radius 2 is 1.84 bits per heavy atom. The van der Waals surface area contributed by atoms with E-state index in [1.165, 1.54) is 0 Å². The van der Waals surface area contributed by atoms with Crippen molar-refractivity contribution in [3.8, 4) is 22.8 Å². The molecule has 0 saturated heterocycles. The Bertz CT molecular complexity index is 1240.